The van der Waals surface area contributed by atoms with Crippen molar-refractivity contribution >= 4 is 39.4 Å². The highest BCUT2D eigenvalue weighted by Gasteiger charge is 2.23. The van der Waals surface area contributed by atoms with Crippen LogP contribution in [0.1, 0.15) is 0 Å². The predicted octanol–water partition coefficient (Wildman–Crippen LogP) is 1.09. The monoisotopic (exact) mass is 331 g/mol. The first-order valence-corrected chi connectivity index (χ1v) is 7.96. The maximum Gasteiger partial charge on any atom is 0.394 e. The van der Waals surface area contributed by atoms with Gasteiger partial charge < -0.3 is 20.3 Å². The Hall–Kier alpha value is -1.87. The molecule has 1 atom stereocenters. The zero-order valence-electron chi connectivity index (χ0n) is 10.9. The average Bonchev–Trinajstić information content (AvgIpc) is 2.45. The molecular weight excluding hydrogens is 318 g/mol. The molecule has 0 unspecified atom stereocenters. The lowest BCUT2D eigenvalue weighted by Gasteiger charge is -2.12. The molecule has 3 N–H and O–H groups in total. The van der Waals surface area contributed by atoms with E-state index in [1.807, 2.05) is 11.4 Å². The van der Waals surface area contributed by atoms with Gasteiger partial charge in [-0.1, -0.05) is 27.7 Å². The van der Waals surface area contributed by atoms with E-state index in [0.717, 1.165) is 4.90 Å². The van der Waals surface area contributed by atoms with E-state index in [0.29, 0.717) is 5.75 Å². The van der Waals surface area contributed by atoms with Crippen molar-refractivity contribution in [2.45, 2.75) is 10.9 Å². The van der Waals surface area contributed by atoms with Crippen LogP contribution in [-0.4, -0.2) is 47.0 Å². The van der Waals surface area contributed by atoms with E-state index in [4.69, 9.17) is 14.9 Å². The minimum atomic E-state index is -1.72. The third-order valence-corrected chi connectivity index (χ3v) is 4.60. The number of hydrogen-bond acceptors (Lipinski definition) is 6. The second kappa shape index (κ2) is 8.42. The van der Waals surface area contributed by atoms with Crippen molar-refractivity contribution in [3.63, 3.8) is 0 Å². The van der Waals surface area contributed by atoms with Gasteiger partial charge in [0, 0.05) is 10.6 Å². The van der Waals surface area contributed by atoms with Crippen LogP contribution < -0.4 is 10.1 Å². The maximum absolute atomic E-state index is 11.0. The van der Waals surface area contributed by atoms with E-state index in [1.165, 1.54) is 21.6 Å². The lowest BCUT2D eigenvalue weighted by molar-refractivity contribution is -0.151. The first-order valence-electron chi connectivity index (χ1n) is 5.64. The van der Waals surface area contributed by atoms with Gasteiger partial charge in [0.15, 0.2) is 0 Å². The van der Waals surface area contributed by atoms with Crippen LogP contribution in [0.15, 0.2) is 29.2 Å². The van der Waals surface area contributed by atoms with E-state index >= 15 is 0 Å². The van der Waals surface area contributed by atoms with Crippen molar-refractivity contribution in [1.29, 1.82) is 0 Å². The molecule has 9 heteroatoms. The Labute approximate surface area is 128 Å². The highest BCUT2D eigenvalue weighted by molar-refractivity contribution is 8.76. The lowest BCUT2D eigenvalue weighted by atomic mass is 10.3. The number of carboxylic acids is 2. The molecule has 0 heterocycles. The Bertz CT molecular complexity index is 536. The molecule has 1 aromatic rings. The van der Waals surface area contributed by atoms with Crippen molar-refractivity contribution in [1.82, 2.24) is 5.32 Å². The number of ether oxygens (including phenoxy) is 1. The van der Waals surface area contributed by atoms with Gasteiger partial charge in [-0.15, -0.1) is 0 Å². The Morgan fingerprint density at radius 2 is 2.05 bits per heavy atom. The van der Waals surface area contributed by atoms with Crippen LogP contribution in [0.5, 0.6) is 5.75 Å². The number of carboxylic acid groups (broad SMARTS) is 2. The van der Waals surface area contributed by atoms with Gasteiger partial charge in [0.05, 0.1) is 7.11 Å². The molecule has 0 aliphatic carbocycles. The zero-order chi connectivity index (χ0) is 15.8. The third-order valence-electron chi connectivity index (χ3n) is 2.23. The van der Waals surface area contributed by atoms with Gasteiger partial charge in [0.2, 0.25) is 0 Å². The summed E-state index contributed by atoms with van der Waals surface area (Å²) in [5.41, 5.74) is 0. The molecule has 0 aliphatic rings. The lowest BCUT2D eigenvalue weighted by Crippen LogP contribution is -2.45. The molecule has 0 saturated heterocycles. The van der Waals surface area contributed by atoms with E-state index in [-0.39, 0.29) is 5.75 Å². The van der Waals surface area contributed by atoms with E-state index in [9.17, 15) is 14.4 Å². The summed E-state index contributed by atoms with van der Waals surface area (Å²) in [6.07, 6.45) is 0. The summed E-state index contributed by atoms with van der Waals surface area (Å²) in [6.45, 7) is 0. The van der Waals surface area contributed by atoms with E-state index in [1.54, 1.807) is 25.3 Å². The smallest absolute Gasteiger partial charge is 0.394 e. The number of amides is 1. The molecule has 7 nitrogen and oxygen atoms in total. The van der Waals surface area contributed by atoms with E-state index < -0.39 is 23.9 Å². The van der Waals surface area contributed by atoms with Gasteiger partial charge in [-0.2, -0.15) is 0 Å². The average molecular weight is 331 g/mol. The Morgan fingerprint density at radius 3 is 2.62 bits per heavy atom. The SMILES string of the molecule is COc1cccc(SSC[C@H](NC(=O)C(=O)O)C(=O)O)c1. The predicted molar refractivity (Wildman–Crippen MR) is 78.5 cm³/mol. The number of methoxy groups -OCH3 is 1. The van der Waals surface area contributed by atoms with Gasteiger partial charge in [0.25, 0.3) is 0 Å². The number of benzene rings is 1. The summed E-state index contributed by atoms with van der Waals surface area (Å²) >= 11 is 0. The second-order valence-electron chi connectivity index (χ2n) is 3.72. The molecule has 0 spiro atoms. The molecular formula is C12H13NO6S2. The molecule has 1 rings (SSSR count). The Morgan fingerprint density at radius 1 is 1.33 bits per heavy atom. The largest absolute Gasteiger partial charge is 0.497 e. The molecule has 0 bridgehead atoms. The molecule has 21 heavy (non-hydrogen) atoms. The van der Waals surface area contributed by atoms with Gasteiger partial charge >= 0.3 is 17.8 Å². The highest BCUT2D eigenvalue weighted by Crippen LogP contribution is 2.33. The van der Waals surface area contributed by atoms with Crippen LogP contribution in [0.4, 0.5) is 0 Å². The first-order chi connectivity index (χ1) is 9.93. The Kier molecular flexibility index (Phi) is 6.89. The summed E-state index contributed by atoms with van der Waals surface area (Å²) < 4.78 is 5.06. The quantitative estimate of drug-likeness (QED) is 0.503. The van der Waals surface area contributed by atoms with Crippen LogP contribution >= 0.6 is 21.6 Å². The van der Waals surface area contributed by atoms with Crippen LogP contribution in [-0.2, 0) is 14.4 Å². The normalized spacial score (nSPS) is 11.5. The van der Waals surface area contributed by atoms with Crippen molar-refractivity contribution in [2.24, 2.45) is 0 Å². The molecule has 0 aliphatic heterocycles. The summed E-state index contributed by atoms with van der Waals surface area (Å²) in [7, 11) is 4.03. The molecule has 0 radical (unpaired) electrons. The van der Waals surface area contributed by atoms with Gasteiger partial charge in [-0.05, 0) is 18.2 Å². The number of rotatable bonds is 7. The van der Waals surface area contributed by atoms with Crippen LogP contribution in [0.25, 0.3) is 0 Å². The number of nitrogens with one attached hydrogen (secondary N) is 1. The number of aliphatic carboxylic acids is 2. The summed E-state index contributed by atoms with van der Waals surface area (Å²) in [6, 6.07) is 5.91. The summed E-state index contributed by atoms with van der Waals surface area (Å²) in [5.74, 6) is -3.64. The number of carbonyl (C=O) groups is 3. The van der Waals surface area contributed by atoms with Crippen LogP contribution in [0.3, 0.4) is 0 Å². The molecule has 1 aromatic carbocycles. The van der Waals surface area contributed by atoms with Crippen molar-refractivity contribution in [3.8, 4) is 5.75 Å². The van der Waals surface area contributed by atoms with E-state index in [2.05, 4.69) is 0 Å². The number of carbonyl (C=O) groups excluding carboxylic acids is 1. The third kappa shape index (κ3) is 5.96. The first kappa shape index (κ1) is 17.2. The topological polar surface area (TPSA) is 113 Å². The summed E-state index contributed by atoms with van der Waals surface area (Å²) in [4.78, 5) is 33.2. The highest BCUT2D eigenvalue weighted by atomic mass is 33.1. The zero-order valence-corrected chi connectivity index (χ0v) is 12.6. The molecule has 1 amide bonds. The molecule has 0 aromatic heterocycles. The van der Waals surface area contributed by atoms with Crippen LogP contribution in [0, 0.1) is 0 Å². The second-order valence-corrected chi connectivity index (χ2v) is 6.13. The van der Waals surface area contributed by atoms with Crippen molar-refractivity contribution < 1.29 is 29.3 Å². The Balaban J connectivity index is 2.52. The van der Waals surface area contributed by atoms with Crippen molar-refractivity contribution in [3.05, 3.63) is 24.3 Å². The fraction of sp³-hybridized carbons (Fsp3) is 0.250. The fourth-order valence-electron chi connectivity index (χ4n) is 1.22. The van der Waals surface area contributed by atoms with Gasteiger partial charge in [-0.25, -0.2) is 9.59 Å². The molecule has 114 valence electrons. The minimum Gasteiger partial charge on any atom is -0.497 e. The van der Waals surface area contributed by atoms with Crippen LogP contribution in [0.2, 0.25) is 0 Å². The molecule has 0 saturated carbocycles. The van der Waals surface area contributed by atoms with Gasteiger partial charge in [0.1, 0.15) is 11.8 Å². The maximum atomic E-state index is 11.0. The van der Waals surface area contributed by atoms with Gasteiger partial charge in [-0.3, -0.25) is 4.79 Å². The minimum absolute atomic E-state index is 0.0240. The van der Waals surface area contributed by atoms with Crippen molar-refractivity contribution in [2.75, 3.05) is 12.9 Å². The number of hydrogen-bond donors (Lipinski definition) is 3. The fourth-order valence-corrected chi connectivity index (χ4v) is 3.41. The molecule has 0 fully saturated rings. The summed E-state index contributed by atoms with van der Waals surface area (Å²) in [5, 5.41) is 19.3. The standard InChI is InChI=1S/C12H13NO6S2/c1-19-7-3-2-4-8(5-7)21-20-6-9(11(15)16)13-10(14)12(17)18/h2-5,9H,6H2,1H3,(H,13,14)(H,15,16)(H,17,18)/t9-/m0/s1.